The number of carbonyl (C=O) groups excluding carboxylic acids is 2. The molecule has 17 heavy (non-hydrogen) atoms. The van der Waals surface area contributed by atoms with E-state index in [0.29, 0.717) is 19.0 Å². The minimum absolute atomic E-state index is 0.0587. The van der Waals surface area contributed by atoms with Crippen LogP contribution in [0.5, 0.6) is 0 Å². The zero-order valence-electron chi connectivity index (χ0n) is 10.2. The lowest BCUT2D eigenvalue weighted by Gasteiger charge is -2.38. The van der Waals surface area contributed by atoms with Crippen LogP contribution in [0.1, 0.15) is 51.4 Å². The SMILES string of the molecule is O=C1CCN(C2CC2)C(=O)C2(CCCCC2)N1. The first kappa shape index (κ1) is 11.1. The van der Waals surface area contributed by atoms with Gasteiger partial charge in [0.15, 0.2) is 0 Å². The molecule has 94 valence electrons. The monoisotopic (exact) mass is 236 g/mol. The van der Waals surface area contributed by atoms with Crippen LogP contribution in [0.3, 0.4) is 0 Å². The maximum atomic E-state index is 12.7. The normalized spacial score (nSPS) is 29.1. The Morgan fingerprint density at radius 2 is 1.82 bits per heavy atom. The van der Waals surface area contributed by atoms with E-state index in [4.69, 9.17) is 0 Å². The van der Waals surface area contributed by atoms with Gasteiger partial charge in [-0.1, -0.05) is 19.3 Å². The van der Waals surface area contributed by atoms with Gasteiger partial charge in [-0.2, -0.15) is 0 Å². The van der Waals surface area contributed by atoms with Crippen molar-refractivity contribution >= 4 is 11.8 Å². The molecule has 1 heterocycles. The first-order valence-electron chi connectivity index (χ1n) is 6.83. The Balaban J connectivity index is 1.87. The van der Waals surface area contributed by atoms with Gasteiger partial charge in [-0.15, -0.1) is 0 Å². The molecule has 4 heteroatoms. The van der Waals surface area contributed by atoms with Crippen molar-refractivity contribution in [1.29, 1.82) is 0 Å². The Kier molecular flexibility index (Phi) is 2.60. The van der Waals surface area contributed by atoms with Gasteiger partial charge in [0.2, 0.25) is 11.8 Å². The number of amides is 2. The minimum atomic E-state index is -0.547. The summed E-state index contributed by atoms with van der Waals surface area (Å²) in [6, 6.07) is 0.425. The highest BCUT2D eigenvalue weighted by atomic mass is 16.2. The van der Waals surface area contributed by atoms with E-state index < -0.39 is 5.54 Å². The zero-order valence-corrected chi connectivity index (χ0v) is 10.2. The first-order chi connectivity index (χ1) is 8.21. The lowest BCUT2D eigenvalue weighted by molar-refractivity contribution is -0.140. The molecule has 3 fully saturated rings. The molecule has 0 aromatic rings. The molecular formula is C13H20N2O2. The number of hydrogen-bond acceptors (Lipinski definition) is 2. The standard InChI is InChI=1S/C13H20N2O2/c16-11-6-9-15(10-4-5-10)12(17)13(14-11)7-2-1-3-8-13/h10H,1-9H2,(H,14,16). The summed E-state index contributed by atoms with van der Waals surface area (Å²) in [6.45, 7) is 0.622. The van der Waals surface area contributed by atoms with Crippen LogP contribution in [-0.2, 0) is 9.59 Å². The molecule has 0 radical (unpaired) electrons. The maximum absolute atomic E-state index is 12.7. The molecule has 0 aromatic heterocycles. The lowest BCUT2D eigenvalue weighted by Crippen LogP contribution is -2.58. The van der Waals surface area contributed by atoms with Crippen LogP contribution in [0.25, 0.3) is 0 Å². The van der Waals surface area contributed by atoms with Crippen molar-refractivity contribution < 1.29 is 9.59 Å². The second kappa shape index (κ2) is 4.00. The van der Waals surface area contributed by atoms with Gasteiger partial charge in [0.25, 0.3) is 0 Å². The van der Waals surface area contributed by atoms with Crippen LogP contribution in [0.15, 0.2) is 0 Å². The summed E-state index contributed by atoms with van der Waals surface area (Å²) in [5.74, 6) is 0.258. The summed E-state index contributed by atoms with van der Waals surface area (Å²) in [5, 5.41) is 3.03. The third kappa shape index (κ3) is 1.94. The highest BCUT2D eigenvalue weighted by molar-refractivity contribution is 5.94. The van der Waals surface area contributed by atoms with Gasteiger partial charge in [-0.05, 0) is 25.7 Å². The fourth-order valence-electron chi connectivity index (χ4n) is 3.21. The van der Waals surface area contributed by atoms with Gasteiger partial charge in [0, 0.05) is 19.0 Å². The fourth-order valence-corrected chi connectivity index (χ4v) is 3.21. The van der Waals surface area contributed by atoms with Crippen LogP contribution in [0, 0.1) is 0 Å². The van der Waals surface area contributed by atoms with Gasteiger partial charge in [0.1, 0.15) is 5.54 Å². The second-order valence-electron chi connectivity index (χ2n) is 5.67. The largest absolute Gasteiger partial charge is 0.342 e. The number of hydrogen-bond donors (Lipinski definition) is 1. The average Bonchev–Trinajstić information content (AvgIpc) is 3.14. The van der Waals surface area contributed by atoms with E-state index in [9.17, 15) is 9.59 Å². The quantitative estimate of drug-likeness (QED) is 0.743. The van der Waals surface area contributed by atoms with Crippen molar-refractivity contribution in [1.82, 2.24) is 10.2 Å². The van der Waals surface area contributed by atoms with Crippen molar-refractivity contribution in [3.63, 3.8) is 0 Å². The van der Waals surface area contributed by atoms with Crippen molar-refractivity contribution in [3.8, 4) is 0 Å². The van der Waals surface area contributed by atoms with Gasteiger partial charge in [0.05, 0.1) is 0 Å². The molecule has 1 aliphatic heterocycles. The molecule has 4 nitrogen and oxygen atoms in total. The van der Waals surface area contributed by atoms with E-state index >= 15 is 0 Å². The Hall–Kier alpha value is -1.06. The molecule has 0 atom stereocenters. The summed E-state index contributed by atoms with van der Waals surface area (Å²) >= 11 is 0. The molecule has 2 aliphatic carbocycles. The molecule has 1 spiro atoms. The number of nitrogens with zero attached hydrogens (tertiary/aromatic N) is 1. The van der Waals surface area contributed by atoms with Gasteiger partial charge in [-0.25, -0.2) is 0 Å². The second-order valence-corrected chi connectivity index (χ2v) is 5.67. The summed E-state index contributed by atoms with van der Waals surface area (Å²) in [4.78, 5) is 26.4. The Morgan fingerprint density at radius 1 is 1.12 bits per heavy atom. The third-order valence-corrected chi connectivity index (χ3v) is 4.32. The predicted octanol–water partition coefficient (Wildman–Crippen LogP) is 1.20. The lowest BCUT2D eigenvalue weighted by atomic mass is 9.80. The minimum Gasteiger partial charge on any atom is -0.342 e. The van der Waals surface area contributed by atoms with Crippen LogP contribution < -0.4 is 5.32 Å². The summed E-state index contributed by atoms with van der Waals surface area (Å²) < 4.78 is 0. The highest BCUT2D eigenvalue weighted by Gasteiger charge is 2.48. The molecule has 3 rings (SSSR count). The highest BCUT2D eigenvalue weighted by Crippen LogP contribution is 2.36. The first-order valence-corrected chi connectivity index (χ1v) is 6.83. The molecule has 3 aliphatic rings. The van der Waals surface area contributed by atoms with E-state index in [1.165, 1.54) is 6.42 Å². The molecule has 0 unspecified atom stereocenters. The van der Waals surface area contributed by atoms with Crippen LogP contribution >= 0.6 is 0 Å². The molecule has 2 saturated carbocycles. The summed E-state index contributed by atoms with van der Waals surface area (Å²) in [6.07, 6.45) is 7.70. The van der Waals surface area contributed by atoms with Gasteiger partial charge < -0.3 is 10.2 Å². The molecule has 1 N–H and O–H groups in total. The Bertz CT molecular complexity index is 343. The predicted molar refractivity (Wildman–Crippen MR) is 63.3 cm³/mol. The van der Waals surface area contributed by atoms with Crippen LogP contribution in [0.4, 0.5) is 0 Å². The van der Waals surface area contributed by atoms with Crippen LogP contribution in [-0.4, -0.2) is 34.8 Å². The van der Waals surface area contributed by atoms with Crippen molar-refractivity contribution in [2.24, 2.45) is 0 Å². The summed E-state index contributed by atoms with van der Waals surface area (Å²) in [7, 11) is 0. The fraction of sp³-hybridized carbons (Fsp3) is 0.846. The molecule has 1 saturated heterocycles. The maximum Gasteiger partial charge on any atom is 0.248 e. The number of carbonyl (C=O) groups is 2. The van der Waals surface area contributed by atoms with E-state index in [-0.39, 0.29) is 11.8 Å². The van der Waals surface area contributed by atoms with E-state index in [0.717, 1.165) is 38.5 Å². The molecule has 0 bridgehead atoms. The smallest absolute Gasteiger partial charge is 0.248 e. The number of nitrogens with one attached hydrogen (secondary N) is 1. The topological polar surface area (TPSA) is 49.4 Å². The summed E-state index contributed by atoms with van der Waals surface area (Å²) in [5.41, 5.74) is -0.547. The van der Waals surface area contributed by atoms with Gasteiger partial charge >= 0.3 is 0 Å². The van der Waals surface area contributed by atoms with Crippen molar-refractivity contribution in [3.05, 3.63) is 0 Å². The Morgan fingerprint density at radius 3 is 2.47 bits per heavy atom. The molecule has 2 amide bonds. The zero-order chi connectivity index (χ0) is 11.9. The van der Waals surface area contributed by atoms with E-state index in [1.54, 1.807) is 0 Å². The third-order valence-electron chi connectivity index (χ3n) is 4.32. The van der Waals surface area contributed by atoms with Crippen molar-refractivity contribution in [2.75, 3.05) is 6.54 Å². The van der Waals surface area contributed by atoms with Crippen LogP contribution in [0.2, 0.25) is 0 Å². The molecular weight excluding hydrogens is 216 g/mol. The van der Waals surface area contributed by atoms with Gasteiger partial charge in [-0.3, -0.25) is 9.59 Å². The average molecular weight is 236 g/mol. The number of rotatable bonds is 1. The van der Waals surface area contributed by atoms with E-state index in [1.807, 2.05) is 4.90 Å². The molecule has 0 aromatic carbocycles. The Labute approximate surface area is 102 Å². The van der Waals surface area contributed by atoms with Crippen molar-refractivity contribution in [2.45, 2.75) is 62.9 Å². The van der Waals surface area contributed by atoms with E-state index in [2.05, 4.69) is 5.32 Å².